The Kier molecular flexibility index (Phi) is 3.79. The quantitative estimate of drug-likeness (QED) is 0.913. The summed E-state index contributed by atoms with van der Waals surface area (Å²) in [7, 11) is 0. The summed E-state index contributed by atoms with van der Waals surface area (Å²) in [6.45, 7) is 0.540. The molecule has 1 saturated heterocycles. The first kappa shape index (κ1) is 12.5. The van der Waals surface area contributed by atoms with Crippen LogP contribution >= 0.6 is 15.9 Å². The lowest BCUT2D eigenvalue weighted by molar-refractivity contribution is -0.151. The highest BCUT2D eigenvalue weighted by Gasteiger charge is 2.34. The lowest BCUT2D eigenvalue weighted by atomic mass is 9.89. The Morgan fingerprint density at radius 1 is 1.53 bits per heavy atom. The average molecular weight is 303 g/mol. The normalized spacial score (nSPS) is 24.6. The fourth-order valence-corrected chi connectivity index (χ4v) is 2.65. The maximum atomic E-state index is 13.0. The van der Waals surface area contributed by atoms with E-state index in [1.807, 2.05) is 0 Å². The van der Waals surface area contributed by atoms with E-state index < -0.39 is 18.0 Å². The monoisotopic (exact) mass is 302 g/mol. The summed E-state index contributed by atoms with van der Waals surface area (Å²) in [5, 5.41) is 9.15. The Bertz CT molecular complexity index is 436. The number of benzene rings is 1. The van der Waals surface area contributed by atoms with Gasteiger partial charge in [0.05, 0.1) is 12.0 Å². The first-order valence-electron chi connectivity index (χ1n) is 5.39. The predicted octanol–water partition coefficient (Wildman–Crippen LogP) is 3.14. The van der Waals surface area contributed by atoms with Crippen LogP contribution in [0.4, 0.5) is 4.39 Å². The third-order valence-electron chi connectivity index (χ3n) is 2.91. The minimum Gasteiger partial charge on any atom is -0.481 e. The maximum absolute atomic E-state index is 13.0. The molecule has 17 heavy (non-hydrogen) atoms. The zero-order valence-corrected chi connectivity index (χ0v) is 10.6. The number of rotatable bonds is 2. The van der Waals surface area contributed by atoms with Crippen molar-refractivity contribution in [2.45, 2.75) is 18.9 Å². The van der Waals surface area contributed by atoms with Gasteiger partial charge in [0.1, 0.15) is 5.82 Å². The highest BCUT2D eigenvalue weighted by molar-refractivity contribution is 9.10. The molecular weight excluding hydrogens is 291 g/mol. The molecule has 1 aliphatic heterocycles. The second-order valence-electron chi connectivity index (χ2n) is 4.04. The molecule has 2 atom stereocenters. The molecule has 1 aromatic carbocycles. The van der Waals surface area contributed by atoms with Crippen molar-refractivity contribution >= 4 is 21.9 Å². The van der Waals surface area contributed by atoms with E-state index in [0.29, 0.717) is 23.1 Å². The molecule has 1 fully saturated rings. The van der Waals surface area contributed by atoms with Crippen LogP contribution in [0, 0.1) is 11.7 Å². The smallest absolute Gasteiger partial charge is 0.309 e. The van der Waals surface area contributed by atoms with Crippen LogP contribution in [-0.4, -0.2) is 17.7 Å². The Labute approximate surface area is 107 Å². The summed E-state index contributed by atoms with van der Waals surface area (Å²) in [5.74, 6) is -1.79. The predicted molar refractivity (Wildman–Crippen MR) is 63.2 cm³/mol. The molecule has 92 valence electrons. The molecule has 1 aliphatic rings. The van der Waals surface area contributed by atoms with Gasteiger partial charge in [0, 0.05) is 11.1 Å². The van der Waals surface area contributed by atoms with E-state index in [1.165, 1.54) is 12.1 Å². The van der Waals surface area contributed by atoms with Crippen LogP contribution in [0.1, 0.15) is 24.5 Å². The molecule has 5 heteroatoms. The topological polar surface area (TPSA) is 46.5 Å². The van der Waals surface area contributed by atoms with E-state index >= 15 is 0 Å². The number of ether oxygens (including phenoxy) is 1. The standard InChI is InChI=1S/C12H12BrFO3/c13-10-6-7(14)3-4-8(10)11-9(12(15)16)2-1-5-17-11/h3-4,6,9,11H,1-2,5H2,(H,15,16). The fraction of sp³-hybridized carbons (Fsp3) is 0.417. The van der Waals surface area contributed by atoms with Crippen molar-refractivity contribution < 1.29 is 19.0 Å². The molecule has 0 amide bonds. The fourth-order valence-electron chi connectivity index (χ4n) is 2.07. The Morgan fingerprint density at radius 3 is 2.94 bits per heavy atom. The summed E-state index contributed by atoms with van der Waals surface area (Å²) >= 11 is 3.25. The zero-order chi connectivity index (χ0) is 12.4. The van der Waals surface area contributed by atoms with Gasteiger partial charge in [0.15, 0.2) is 0 Å². The molecule has 0 bridgehead atoms. The number of halogens is 2. The van der Waals surface area contributed by atoms with Gasteiger partial charge in [-0.15, -0.1) is 0 Å². The van der Waals surface area contributed by atoms with E-state index in [4.69, 9.17) is 9.84 Å². The number of carboxylic acid groups (broad SMARTS) is 1. The number of carbonyl (C=O) groups is 1. The van der Waals surface area contributed by atoms with E-state index in [-0.39, 0.29) is 5.82 Å². The molecule has 0 spiro atoms. The van der Waals surface area contributed by atoms with Crippen LogP contribution in [0.15, 0.2) is 22.7 Å². The van der Waals surface area contributed by atoms with Gasteiger partial charge in [-0.05, 0) is 30.5 Å². The van der Waals surface area contributed by atoms with Gasteiger partial charge >= 0.3 is 5.97 Å². The lowest BCUT2D eigenvalue weighted by Crippen LogP contribution is -2.29. The molecule has 2 unspecified atom stereocenters. The highest BCUT2D eigenvalue weighted by atomic mass is 79.9. The number of aliphatic carboxylic acids is 1. The van der Waals surface area contributed by atoms with Crippen LogP contribution < -0.4 is 0 Å². The minimum absolute atomic E-state index is 0.358. The average Bonchev–Trinajstić information content (AvgIpc) is 2.29. The van der Waals surface area contributed by atoms with Crippen molar-refractivity contribution in [3.8, 4) is 0 Å². The van der Waals surface area contributed by atoms with Gasteiger partial charge in [-0.2, -0.15) is 0 Å². The summed E-state index contributed by atoms with van der Waals surface area (Å²) in [6.07, 6.45) is 0.826. The van der Waals surface area contributed by atoms with E-state index in [0.717, 1.165) is 6.42 Å². The van der Waals surface area contributed by atoms with Gasteiger partial charge < -0.3 is 9.84 Å². The van der Waals surface area contributed by atoms with Crippen molar-refractivity contribution in [2.24, 2.45) is 5.92 Å². The largest absolute Gasteiger partial charge is 0.481 e. The minimum atomic E-state index is -0.870. The van der Waals surface area contributed by atoms with Crippen LogP contribution in [0.5, 0.6) is 0 Å². The zero-order valence-electron chi connectivity index (χ0n) is 9.03. The summed E-state index contributed by atoms with van der Waals surface area (Å²) in [6, 6.07) is 4.22. The van der Waals surface area contributed by atoms with Crippen LogP contribution in [-0.2, 0) is 9.53 Å². The van der Waals surface area contributed by atoms with Gasteiger partial charge in [0.2, 0.25) is 0 Å². The summed E-state index contributed by atoms with van der Waals surface area (Å²) in [5.41, 5.74) is 0.693. The number of hydrogen-bond donors (Lipinski definition) is 1. The molecular formula is C12H12BrFO3. The first-order valence-corrected chi connectivity index (χ1v) is 6.18. The van der Waals surface area contributed by atoms with Crippen LogP contribution in [0.2, 0.25) is 0 Å². The van der Waals surface area contributed by atoms with Crippen molar-refractivity contribution in [3.63, 3.8) is 0 Å². The second kappa shape index (κ2) is 5.14. The lowest BCUT2D eigenvalue weighted by Gasteiger charge is -2.29. The number of hydrogen-bond acceptors (Lipinski definition) is 2. The molecule has 2 rings (SSSR count). The summed E-state index contributed by atoms with van der Waals surface area (Å²) in [4.78, 5) is 11.1. The van der Waals surface area contributed by atoms with Crippen molar-refractivity contribution in [3.05, 3.63) is 34.1 Å². The third kappa shape index (κ3) is 2.66. The third-order valence-corrected chi connectivity index (χ3v) is 3.60. The molecule has 1 aromatic rings. The second-order valence-corrected chi connectivity index (χ2v) is 4.90. The van der Waals surface area contributed by atoms with Gasteiger partial charge in [-0.25, -0.2) is 4.39 Å². The molecule has 0 radical (unpaired) electrons. The SMILES string of the molecule is O=C(O)C1CCCOC1c1ccc(F)cc1Br. The van der Waals surface area contributed by atoms with E-state index in [1.54, 1.807) is 6.07 Å². The molecule has 0 aromatic heterocycles. The first-order chi connectivity index (χ1) is 8.09. The van der Waals surface area contributed by atoms with E-state index in [2.05, 4.69) is 15.9 Å². The van der Waals surface area contributed by atoms with Crippen molar-refractivity contribution in [2.75, 3.05) is 6.61 Å². The Hall–Kier alpha value is -0.940. The highest BCUT2D eigenvalue weighted by Crippen LogP contribution is 2.37. The molecule has 0 saturated carbocycles. The van der Waals surface area contributed by atoms with Crippen LogP contribution in [0.3, 0.4) is 0 Å². The van der Waals surface area contributed by atoms with Crippen molar-refractivity contribution in [1.82, 2.24) is 0 Å². The Morgan fingerprint density at radius 2 is 2.29 bits per heavy atom. The van der Waals surface area contributed by atoms with Gasteiger partial charge in [0.25, 0.3) is 0 Å². The molecule has 1 N–H and O–H groups in total. The molecule has 0 aliphatic carbocycles. The van der Waals surface area contributed by atoms with Crippen molar-refractivity contribution in [1.29, 1.82) is 0 Å². The number of carboxylic acids is 1. The summed E-state index contributed by atoms with van der Waals surface area (Å²) < 4.78 is 19.1. The van der Waals surface area contributed by atoms with Crippen LogP contribution in [0.25, 0.3) is 0 Å². The Balaban J connectivity index is 2.32. The maximum Gasteiger partial charge on any atom is 0.309 e. The molecule has 3 nitrogen and oxygen atoms in total. The molecule has 1 heterocycles. The van der Waals surface area contributed by atoms with Gasteiger partial charge in [-0.1, -0.05) is 22.0 Å². The van der Waals surface area contributed by atoms with E-state index in [9.17, 15) is 9.18 Å². The van der Waals surface area contributed by atoms with Gasteiger partial charge in [-0.3, -0.25) is 4.79 Å².